The van der Waals surface area contributed by atoms with E-state index in [1.807, 2.05) is 0 Å². The Morgan fingerprint density at radius 1 is 1.50 bits per heavy atom. The molecule has 7 nitrogen and oxygen atoms in total. The Morgan fingerprint density at radius 3 is 2.55 bits per heavy atom. The molecule has 0 aliphatic heterocycles. The molecule has 0 saturated carbocycles. The number of carbonyl (C=O) groups is 1. The third kappa shape index (κ3) is 3.67. The molecule has 0 fully saturated rings. The van der Waals surface area contributed by atoms with Gasteiger partial charge in [-0.15, -0.1) is 0 Å². The number of aliphatic hydroxyl groups is 1. The summed E-state index contributed by atoms with van der Waals surface area (Å²) < 4.78 is 0. The van der Waals surface area contributed by atoms with Crippen LogP contribution < -0.4 is 5.32 Å². The van der Waals surface area contributed by atoms with E-state index in [2.05, 4.69) is 5.32 Å². The number of anilines is 1. The third-order valence-corrected chi connectivity index (χ3v) is 2.69. The quantitative estimate of drug-likeness (QED) is 0.629. The minimum atomic E-state index is -1.07. The zero-order valence-electron chi connectivity index (χ0n) is 12.0. The molecule has 1 rings (SSSR count). The highest BCUT2D eigenvalue weighted by Gasteiger charge is 2.28. The number of amides is 1. The Bertz CT molecular complexity index is 523. The van der Waals surface area contributed by atoms with Crippen LogP contribution in [0.2, 0.25) is 0 Å². The SMILES string of the molecule is CNc1cccc(C(=O)N(C)CC(C)(C)O)c1[N+](=O)[O-]. The van der Waals surface area contributed by atoms with Crippen molar-refractivity contribution in [1.29, 1.82) is 0 Å². The highest BCUT2D eigenvalue weighted by Crippen LogP contribution is 2.29. The lowest BCUT2D eigenvalue weighted by atomic mass is 10.1. The van der Waals surface area contributed by atoms with Crippen LogP contribution in [0.5, 0.6) is 0 Å². The maximum Gasteiger partial charge on any atom is 0.305 e. The number of nitro groups is 1. The molecule has 0 spiro atoms. The molecule has 0 aliphatic carbocycles. The normalized spacial score (nSPS) is 11.1. The minimum absolute atomic E-state index is 0.00593. The molecule has 0 saturated heterocycles. The molecule has 0 bridgehead atoms. The molecule has 0 radical (unpaired) electrons. The van der Waals surface area contributed by atoms with Gasteiger partial charge in [-0.25, -0.2) is 0 Å². The molecule has 0 atom stereocenters. The maximum atomic E-state index is 12.3. The molecule has 1 amide bonds. The second kappa shape index (κ2) is 5.87. The number of likely N-dealkylation sites (N-methyl/N-ethyl adjacent to an activating group) is 1. The molecular formula is C13H19N3O4. The molecule has 20 heavy (non-hydrogen) atoms. The summed E-state index contributed by atoms with van der Waals surface area (Å²) in [5, 5.41) is 23.6. The molecule has 110 valence electrons. The van der Waals surface area contributed by atoms with E-state index >= 15 is 0 Å². The number of hydrogen-bond donors (Lipinski definition) is 2. The monoisotopic (exact) mass is 281 g/mol. The number of hydrogen-bond acceptors (Lipinski definition) is 5. The fourth-order valence-electron chi connectivity index (χ4n) is 1.97. The fraction of sp³-hybridized carbons (Fsp3) is 0.462. The Morgan fingerprint density at radius 2 is 2.10 bits per heavy atom. The van der Waals surface area contributed by atoms with Gasteiger partial charge in [0.2, 0.25) is 0 Å². The summed E-state index contributed by atoms with van der Waals surface area (Å²) in [4.78, 5) is 24.1. The van der Waals surface area contributed by atoms with Crippen LogP contribution in [0.3, 0.4) is 0 Å². The predicted octanol–water partition coefficient (Wildman–Crippen LogP) is 1.48. The second-order valence-corrected chi connectivity index (χ2v) is 5.18. The van der Waals surface area contributed by atoms with Crippen molar-refractivity contribution in [2.45, 2.75) is 19.4 Å². The van der Waals surface area contributed by atoms with Crippen molar-refractivity contribution in [3.63, 3.8) is 0 Å². The summed E-state index contributed by atoms with van der Waals surface area (Å²) in [6.45, 7) is 3.21. The molecule has 1 aromatic rings. The Hall–Kier alpha value is -2.15. The molecule has 0 aliphatic rings. The van der Waals surface area contributed by atoms with E-state index in [9.17, 15) is 20.0 Å². The third-order valence-electron chi connectivity index (χ3n) is 2.69. The van der Waals surface area contributed by atoms with Crippen molar-refractivity contribution < 1.29 is 14.8 Å². The lowest BCUT2D eigenvalue weighted by Gasteiger charge is -2.25. The van der Waals surface area contributed by atoms with Crippen molar-refractivity contribution >= 4 is 17.3 Å². The Kier molecular flexibility index (Phi) is 4.67. The van der Waals surface area contributed by atoms with E-state index in [4.69, 9.17) is 0 Å². The van der Waals surface area contributed by atoms with Gasteiger partial charge < -0.3 is 15.3 Å². The highest BCUT2D eigenvalue weighted by atomic mass is 16.6. The van der Waals surface area contributed by atoms with E-state index in [1.54, 1.807) is 27.0 Å². The standard InChI is InChI=1S/C13H19N3O4/c1-13(2,18)8-15(4)12(17)9-6-5-7-10(14-3)11(9)16(19)20/h5-7,14,18H,8H2,1-4H3. The summed E-state index contributed by atoms with van der Waals surface area (Å²) in [7, 11) is 3.05. The van der Waals surface area contributed by atoms with Gasteiger partial charge in [0.25, 0.3) is 5.91 Å². The molecule has 1 aromatic carbocycles. The van der Waals surface area contributed by atoms with Crippen LogP contribution in [-0.2, 0) is 0 Å². The minimum Gasteiger partial charge on any atom is -0.389 e. The van der Waals surface area contributed by atoms with E-state index in [0.717, 1.165) is 0 Å². The molecule has 0 heterocycles. The van der Waals surface area contributed by atoms with E-state index < -0.39 is 16.4 Å². The van der Waals surface area contributed by atoms with Gasteiger partial charge in [0, 0.05) is 20.6 Å². The van der Waals surface area contributed by atoms with Crippen LogP contribution in [0.25, 0.3) is 0 Å². The van der Waals surface area contributed by atoms with Crippen molar-refractivity contribution in [2.75, 3.05) is 26.0 Å². The van der Waals surface area contributed by atoms with Gasteiger partial charge in [0.05, 0.1) is 10.5 Å². The topological polar surface area (TPSA) is 95.7 Å². The number of nitrogens with one attached hydrogen (secondary N) is 1. The maximum absolute atomic E-state index is 12.3. The van der Waals surface area contributed by atoms with E-state index in [1.165, 1.54) is 24.1 Å². The van der Waals surface area contributed by atoms with Gasteiger partial charge in [0.1, 0.15) is 11.3 Å². The first-order chi connectivity index (χ1) is 9.17. The average molecular weight is 281 g/mol. The molecule has 2 N–H and O–H groups in total. The van der Waals surface area contributed by atoms with Crippen LogP contribution >= 0.6 is 0 Å². The predicted molar refractivity (Wildman–Crippen MR) is 75.9 cm³/mol. The number of rotatable bonds is 5. The molecular weight excluding hydrogens is 262 g/mol. The van der Waals surface area contributed by atoms with Gasteiger partial charge in [-0.2, -0.15) is 0 Å². The Balaban J connectivity index is 3.19. The van der Waals surface area contributed by atoms with Crippen LogP contribution in [0.1, 0.15) is 24.2 Å². The first-order valence-corrected chi connectivity index (χ1v) is 6.10. The van der Waals surface area contributed by atoms with Crippen molar-refractivity contribution in [2.24, 2.45) is 0 Å². The van der Waals surface area contributed by atoms with Crippen LogP contribution in [0, 0.1) is 10.1 Å². The second-order valence-electron chi connectivity index (χ2n) is 5.18. The van der Waals surface area contributed by atoms with Gasteiger partial charge in [-0.3, -0.25) is 14.9 Å². The summed E-state index contributed by atoms with van der Waals surface area (Å²) >= 11 is 0. The number of benzene rings is 1. The van der Waals surface area contributed by atoms with Gasteiger partial charge in [0.15, 0.2) is 0 Å². The summed E-state index contributed by atoms with van der Waals surface area (Å²) in [5.41, 5.74) is -1.06. The van der Waals surface area contributed by atoms with Gasteiger partial charge in [-0.05, 0) is 26.0 Å². The Labute approximate surface area is 117 Å². The largest absolute Gasteiger partial charge is 0.389 e. The molecule has 0 unspecified atom stereocenters. The van der Waals surface area contributed by atoms with E-state index in [-0.39, 0.29) is 23.5 Å². The van der Waals surface area contributed by atoms with Crippen LogP contribution in [0.4, 0.5) is 11.4 Å². The number of para-hydroxylation sites is 1. The lowest BCUT2D eigenvalue weighted by molar-refractivity contribution is -0.384. The lowest BCUT2D eigenvalue weighted by Crippen LogP contribution is -2.39. The van der Waals surface area contributed by atoms with Crippen LogP contribution in [-0.4, -0.2) is 47.1 Å². The zero-order chi connectivity index (χ0) is 15.5. The number of nitro benzene ring substituents is 1. The number of carbonyl (C=O) groups excluding carboxylic acids is 1. The first kappa shape index (κ1) is 15.9. The van der Waals surface area contributed by atoms with E-state index in [0.29, 0.717) is 0 Å². The highest BCUT2D eigenvalue weighted by molar-refractivity contribution is 6.00. The first-order valence-electron chi connectivity index (χ1n) is 6.10. The summed E-state index contributed by atoms with van der Waals surface area (Å²) in [6.07, 6.45) is 0. The summed E-state index contributed by atoms with van der Waals surface area (Å²) in [5.74, 6) is -0.504. The van der Waals surface area contributed by atoms with Crippen LogP contribution in [0.15, 0.2) is 18.2 Å². The average Bonchev–Trinajstić information content (AvgIpc) is 2.34. The van der Waals surface area contributed by atoms with Crippen molar-refractivity contribution in [1.82, 2.24) is 4.90 Å². The number of nitrogens with zero attached hydrogens (tertiary/aromatic N) is 2. The molecule has 0 aromatic heterocycles. The van der Waals surface area contributed by atoms with Crippen molar-refractivity contribution in [3.05, 3.63) is 33.9 Å². The molecule has 7 heteroatoms. The fourth-order valence-corrected chi connectivity index (χ4v) is 1.97. The van der Waals surface area contributed by atoms with Gasteiger partial charge >= 0.3 is 5.69 Å². The van der Waals surface area contributed by atoms with Crippen molar-refractivity contribution in [3.8, 4) is 0 Å². The summed E-state index contributed by atoms with van der Waals surface area (Å²) in [6, 6.07) is 4.51. The van der Waals surface area contributed by atoms with Gasteiger partial charge in [-0.1, -0.05) is 6.07 Å². The smallest absolute Gasteiger partial charge is 0.305 e. The zero-order valence-corrected chi connectivity index (χ0v) is 12.0.